The van der Waals surface area contributed by atoms with E-state index in [1.54, 1.807) is 18.2 Å². The molecule has 1 aromatic rings. The van der Waals surface area contributed by atoms with Gasteiger partial charge in [-0.15, -0.1) is 0 Å². The van der Waals surface area contributed by atoms with E-state index >= 15 is 0 Å². The number of benzene rings is 1. The molecule has 1 unspecified atom stereocenters. The maximum atomic E-state index is 11.0. The van der Waals surface area contributed by atoms with Crippen molar-refractivity contribution in [1.82, 2.24) is 0 Å². The second-order valence-corrected chi connectivity index (χ2v) is 7.50. The molecular formula is C8H9NNa2O6P2S. The van der Waals surface area contributed by atoms with E-state index in [-0.39, 0.29) is 59.1 Å². The van der Waals surface area contributed by atoms with Crippen molar-refractivity contribution in [2.75, 3.05) is 5.32 Å². The summed E-state index contributed by atoms with van der Waals surface area (Å²) in [4.78, 5) is 38.8. The third-order valence-corrected chi connectivity index (χ3v) is 6.08. The van der Waals surface area contributed by atoms with Gasteiger partial charge in [-0.25, -0.2) is 0 Å². The summed E-state index contributed by atoms with van der Waals surface area (Å²) in [6.07, 6.45) is 0. The largest absolute Gasteiger partial charge is 1.00 e. The minimum atomic E-state index is -5.56. The van der Waals surface area contributed by atoms with Gasteiger partial charge in [-0.05, 0) is 19.7 Å². The van der Waals surface area contributed by atoms with Gasteiger partial charge in [0.25, 0.3) is 0 Å². The van der Waals surface area contributed by atoms with Gasteiger partial charge in [0.2, 0.25) is 0 Å². The van der Waals surface area contributed by atoms with Crippen LogP contribution in [0.1, 0.15) is 0 Å². The Kier molecular flexibility index (Phi) is 11.3. The standard InChI is InChI=1S/C8H11NO6P2S.2Na/c10-16(11,12)8(17(13,14)15)7(18)9-6-4-2-1-3-5-6;;/h1-5,8H,(H,9,18)(H2,10,11,12)(H2,13,14,15);;/q;2*+1/p-2. The summed E-state index contributed by atoms with van der Waals surface area (Å²) >= 11 is 4.58. The van der Waals surface area contributed by atoms with Gasteiger partial charge in [-0.1, -0.05) is 30.4 Å². The number of anilines is 1. The van der Waals surface area contributed by atoms with Crippen LogP contribution in [0.4, 0.5) is 5.69 Å². The van der Waals surface area contributed by atoms with Crippen molar-refractivity contribution in [2.24, 2.45) is 0 Å². The zero-order chi connectivity index (χ0) is 14.0. The van der Waals surface area contributed by atoms with Gasteiger partial charge in [-0.3, -0.25) is 4.57 Å². The first kappa shape index (κ1) is 23.7. The molecule has 0 aliphatic rings. The smallest absolute Gasteiger partial charge is 0.810 e. The average molecular weight is 355 g/mol. The van der Waals surface area contributed by atoms with Crippen molar-refractivity contribution in [3.63, 3.8) is 0 Å². The van der Waals surface area contributed by atoms with Crippen LogP contribution >= 0.6 is 27.4 Å². The topological polar surface area (TPSA) is 133 Å². The Morgan fingerprint density at radius 1 is 1.15 bits per heavy atom. The Labute approximate surface area is 165 Å². The monoisotopic (exact) mass is 355 g/mol. The summed E-state index contributed by atoms with van der Waals surface area (Å²) in [5.74, 6) is 0. The fraction of sp³-hybridized carbons (Fsp3) is 0.125. The van der Waals surface area contributed by atoms with Crippen LogP contribution in [-0.2, 0) is 9.13 Å². The Hall–Kier alpha value is 1.41. The number of hydrogen-bond acceptors (Lipinski definition) is 5. The number of hydrogen-bond donors (Lipinski definition) is 3. The van der Waals surface area contributed by atoms with Gasteiger partial charge in [0.1, 0.15) is 10.4 Å². The van der Waals surface area contributed by atoms with Crippen LogP contribution in [0.2, 0.25) is 0 Å². The zero-order valence-electron chi connectivity index (χ0n) is 10.8. The zero-order valence-corrected chi connectivity index (χ0v) is 17.4. The molecule has 12 heteroatoms. The fourth-order valence-corrected chi connectivity index (χ4v) is 4.32. The van der Waals surface area contributed by atoms with E-state index in [0.29, 0.717) is 5.69 Å². The Bertz CT molecular complexity index is 511. The molecule has 0 amide bonds. The molecule has 0 radical (unpaired) electrons. The predicted octanol–water partition coefficient (Wildman–Crippen LogP) is -6.15. The second-order valence-electron chi connectivity index (χ2n) is 3.36. The minimum absolute atomic E-state index is 0. The molecule has 1 aromatic carbocycles. The molecule has 100 valence electrons. The van der Waals surface area contributed by atoms with Gasteiger partial charge in [0.05, 0.1) is 0 Å². The third kappa shape index (κ3) is 7.61. The van der Waals surface area contributed by atoms with Crippen molar-refractivity contribution in [3.8, 4) is 0 Å². The average Bonchev–Trinajstić information content (AvgIpc) is 2.13. The Morgan fingerprint density at radius 3 is 1.95 bits per heavy atom. The van der Waals surface area contributed by atoms with Crippen LogP contribution in [0.15, 0.2) is 30.3 Å². The summed E-state index contributed by atoms with van der Waals surface area (Å²) in [6, 6.07) is 7.89. The van der Waals surface area contributed by atoms with E-state index in [0.717, 1.165) is 0 Å². The molecular weight excluding hydrogens is 346 g/mol. The number of para-hydroxylation sites is 1. The van der Waals surface area contributed by atoms with Crippen molar-refractivity contribution < 1.29 is 87.8 Å². The molecule has 0 aliphatic heterocycles. The fourth-order valence-electron chi connectivity index (χ4n) is 1.21. The molecule has 7 nitrogen and oxygen atoms in total. The van der Waals surface area contributed by atoms with Gasteiger partial charge >= 0.3 is 66.7 Å². The molecule has 0 aromatic heterocycles. The number of thiocarbonyl (C=S) groups is 1. The van der Waals surface area contributed by atoms with Crippen LogP contribution in [0.5, 0.6) is 0 Å². The van der Waals surface area contributed by atoms with E-state index in [1.165, 1.54) is 12.1 Å². The molecule has 0 heterocycles. The van der Waals surface area contributed by atoms with Gasteiger partial charge in [0.15, 0.2) is 0 Å². The second kappa shape index (κ2) is 9.53. The first-order chi connectivity index (χ1) is 8.12. The van der Waals surface area contributed by atoms with Crippen LogP contribution in [0, 0.1) is 0 Å². The van der Waals surface area contributed by atoms with Crippen LogP contribution in [0.3, 0.4) is 0 Å². The number of rotatable bonds is 4. The molecule has 0 saturated heterocycles. The van der Waals surface area contributed by atoms with Gasteiger partial charge in [-0.2, -0.15) is 0 Å². The summed E-state index contributed by atoms with van der Waals surface area (Å²) in [5, 5.41) is -0.233. The molecule has 0 bridgehead atoms. The molecule has 0 saturated carbocycles. The predicted molar refractivity (Wildman–Crippen MR) is 66.1 cm³/mol. The molecule has 0 fully saturated rings. The summed E-state index contributed by atoms with van der Waals surface area (Å²) in [7, 11) is -10.7. The van der Waals surface area contributed by atoms with Crippen molar-refractivity contribution in [3.05, 3.63) is 30.3 Å². The van der Waals surface area contributed by atoms with Gasteiger partial charge in [0, 0.05) is 5.69 Å². The molecule has 0 spiro atoms. The Morgan fingerprint density at radius 2 is 1.60 bits per heavy atom. The van der Waals surface area contributed by atoms with E-state index in [2.05, 4.69) is 17.5 Å². The van der Waals surface area contributed by atoms with E-state index in [9.17, 15) is 18.9 Å². The van der Waals surface area contributed by atoms with Gasteiger partial charge < -0.3 is 29.5 Å². The Balaban J connectivity index is 0. The third-order valence-electron chi connectivity index (χ3n) is 1.89. The van der Waals surface area contributed by atoms with Crippen LogP contribution < -0.4 is 74.2 Å². The SMILES string of the molecule is O=P([O-])([O-])C(C(=S)Nc1ccccc1)P(=O)(O)O.[Na+].[Na+]. The molecule has 0 aliphatic carbocycles. The normalized spacial score (nSPS) is 12.6. The molecule has 1 rings (SSSR count). The van der Waals surface area contributed by atoms with Crippen LogP contribution in [-0.4, -0.2) is 20.2 Å². The van der Waals surface area contributed by atoms with Crippen LogP contribution in [0.25, 0.3) is 0 Å². The summed E-state index contributed by atoms with van der Waals surface area (Å²) < 4.78 is 21.9. The first-order valence-electron chi connectivity index (χ1n) is 4.55. The molecule has 3 N–H and O–H groups in total. The van der Waals surface area contributed by atoms with Crippen molar-refractivity contribution >= 4 is 38.1 Å². The van der Waals surface area contributed by atoms with E-state index < -0.39 is 25.6 Å². The quantitative estimate of drug-likeness (QED) is 0.276. The maximum Gasteiger partial charge on any atom is 1.00 e. The first-order valence-corrected chi connectivity index (χ1v) is 8.25. The summed E-state index contributed by atoms with van der Waals surface area (Å²) in [6.45, 7) is 0. The summed E-state index contributed by atoms with van der Waals surface area (Å²) in [5.41, 5.74) is 0.328. The van der Waals surface area contributed by atoms with Crippen molar-refractivity contribution in [1.29, 1.82) is 0 Å². The van der Waals surface area contributed by atoms with Crippen molar-refractivity contribution in [2.45, 2.75) is 5.40 Å². The number of nitrogens with one attached hydrogen (secondary N) is 1. The molecule has 1 atom stereocenters. The minimum Gasteiger partial charge on any atom is -0.810 e. The van der Waals surface area contributed by atoms with E-state index in [4.69, 9.17) is 9.79 Å². The van der Waals surface area contributed by atoms with E-state index in [1.807, 2.05) is 0 Å². The maximum absolute atomic E-state index is 11.0. The molecule has 20 heavy (non-hydrogen) atoms.